The molecule has 0 fully saturated rings. The van der Waals surface area contributed by atoms with Crippen LogP contribution in [0.2, 0.25) is 0 Å². The van der Waals surface area contributed by atoms with Crippen LogP contribution in [0.25, 0.3) is 0 Å². The van der Waals surface area contributed by atoms with Crippen molar-refractivity contribution >= 4 is 12.6 Å². The molecule has 0 heterocycles. The molecule has 2 nitrogen and oxygen atoms in total. The van der Waals surface area contributed by atoms with Crippen LogP contribution in [0.4, 0.5) is 0 Å². The summed E-state index contributed by atoms with van der Waals surface area (Å²) in [4.78, 5) is 0. The van der Waals surface area contributed by atoms with E-state index >= 15 is 0 Å². The highest BCUT2D eigenvalue weighted by Gasteiger charge is 1.91. The van der Waals surface area contributed by atoms with E-state index in [-0.39, 0.29) is 0 Å². The lowest BCUT2D eigenvalue weighted by molar-refractivity contribution is 0.563. The largest absolute Gasteiger partial charge is 0.329 e. The van der Waals surface area contributed by atoms with Crippen LogP contribution in [-0.4, -0.2) is 18.8 Å². The Hall–Kier alpha value is 0.270. The van der Waals surface area contributed by atoms with Crippen molar-refractivity contribution in [1.29, 1.82) is 0 Å². The Bertz CT molecular complexity index is 98.4. The molecule has 0 rings (SSSR count). The summed E-state index contributed by atoms with van der Waals surface area (Å²) in [7, 11) is 0. The van der Waals surface area contributed by atoms with Gasteiger partial charge in [0.15, 0.2) is 0 Å². The van der Waals surface area contributed by atoms with Gasteiger partial charge in [0.2, 0.25) is 0 Å². The Morgan fingerprint density at radius 2 is 1.00 bits per heavy atom. The molecule has 0 spiro atoms. The van der Waals surface area contributed by atoms with E-state index in [1.54, 1.807) is 0 Å². The third kappa shape index (κ3) is 26.1. The first-order valence-corrected chi connectivity index (χ1v) is 7.97. The van der Waals surface area contributed by atoms with Gasteiger partial charge in [0, 0.05) is 13.1 Å². The Labute approximate surface area is 114 Å². The molecule has 0 aliphatic rings. The van der Waals surface area contributed by atoms with E-state index < -0.39 is 0 Å². The molecule has 3 heteroatoms. The van der Waals surface area contributed by atoms with Gasteiger partial charge in [-0.3, -0.25) is 0 Å². The lowest BCUT2D eigenvalue weighted by Gasteiger charge is -2.00. The topological polar surface area (TPSA) is 52.0 Å². The first-order valence-electron chi connectivity index (χ1n) is 7.34. The molecule has 0 atom stereocenters. The second kappa shape index (κ2) is 21.5. The monoisotopic (exact) mass is 262 g/mol. The molecule has 0 aliphatic heterocycles. The van der Waals surface area contributed by atoms with Crippen molar-refractivity contribution in [3.63, 3.8) is 0 Å². The van der Waals surface area contributed by atoms with Gasteiger partial charge in [0.05, 0.1) is 0 Å². The Morgan fingerprint density at radius 1 is 0.647 bits per heavy atom. The molecule has 0 bridgehead atoms. The predicted octanol–water partition coefficient (Wildman–Crippen LogP) is 3.74. The maximum absolute atomic E-state index is 4.90. The van der Waals surface area contributed by atoms with Crippen molar-refractivity contribution in [2.24, 2.45) is 11.5 Å². The first kappa shape index (κ1) is 19.6. The quantitative estimate of drug-likeness (QED) is 0.392. The lowest BCUT2D eigenvalue weighted by atomic mass is 10.1. The predicted molar refractivity (Wildman–Crippen MR) is 83.8 cm³/mol. The molecule has 0 saturated carbocycles. The summed E-state index contributed by atoms with van der Waals surface area (Å²) in [5, 5.41) is 0. The van der Waals surface area contributed by atoms with Crippen LogP contribution in [0, 0.1) is 0 Å². The fraction of sp³-hybridized carbons (Fsp3) is 1.00. The summed E-state index contributed by atoms with van der Waals surface area (Å²) in [6.45, 7) is 3.47. The average Bonchev–Trinajstić information content (AvgIpc) is 2.37. The van der Waals surface area contributed by atoms with E-state index in [1.807, 2.05) is 0 Å². The van der Waals surface area contributed by atoms with Gasteiger partial charge in [0.1, 0.15) is 0 Å². The van der Waals surface area contributed by atoms with Crippen molar-refractivity contribution < 1.29 is 0 Å². The average molecular weight is 263 g/mol. The number of nitrogens with two attached hydrogens (primary N) is 2. The van der Waals surface area contributed by atoms with Gasteiger partial charge in [-0.15, -0.1) is 0 Å². The molecule has 17 heavy (non-hydrogen) atoms. The lowest BCUT2D eigenvalue weighted by Crippen LogP contribution is -2.11. The van der Waals surface area contributed by atoms with Gasteiger partial charge in [0.25, 0.3) is 0 Å². The zero-order valence-electron chi connectivity index (χ0n) is 11.8. The van der Waals surface area contributed by atoms with E-state index in [9.17, 15) is 0 Å². The highest BCUT2D eigenvalue weighted by atomic mass is 32.1. The fourth-order valence-corrected chi connectivity index (χ4v) is 1.82. The maximum Gasteiger partial charge on any atom is 0.00461 e. The molecule has 0 aromatic rings. The number of hydrogen-bond donors (Lipinski definition) is 3. The zero-order valence-corrected chi connectivity index (χ0v) is 12.7. The molecule has 0 saturated heterocycles. The van der Waals surface area contributed by atoms with Crippen LogP contribution in [0.1, 0.15) is 71.1 Å². The summed E-state index contributed by atoms with van der Waals surface area (Å²) in [6.07, 6.45) is 14.2. The minimum Gasteiger partial charge on any atom is -0.329 e. The smallest absolute Gasteiger partial charge is 0.00461 e. The molecular weight excluding hydrogens is 228 g/mol. The minimum atomic E-state index is 0.597. The van der Waals surface area contributed by atoms with Crippen LogP contribution >= 0.6 is 12.6 Å². The molecule has 0 radical (unpaired) electrons. The van der Waals surface area contributed by atoms with E-state index in [0.717, 1.165) is 5.75 Å². The molecular formula is C14H34N2S. The number of unbranched alkanes of at least 4 members (excludes halogenated alkanes) is 9. The Morgan fingerprint density at radius 3 is 1.29 bits per heavy atom. The second-order valence-corrected chi connectivity index (χ2v) is 4.93. The van der Waals surface area contributed by atoms with Crippen LogP contribution < -0.4 is 11.5 Å². The minimum absolute atomic E-state index is 0.597. The second-order valence-electron chi connectivity index (χ2n) is 4.48. The number of thiol groups is 1. The Kier molecular flexibility index (Phi) is 24.8. The molecule has 4 N–H and O–H groups in total. The molecule has 0 amide bonds. The number of hydrogen-bond acceptors (Lipinski definition) is 3. The molecule has 0 aliphatic carbocycles. The maximum atomic E-state index is 4.90. The Balaban J connectivity index is 0. The van der Waals surface area contributed by atoms with Gasteiger partial charge in [-0.05, 0) is 12.2 Å². The van der Waals surface area contributed by atoms with Crippen molar-refractivity contribution in [1.82, 2.24) is 0 Å². The van der Waals surface area contributed by atoms with Gasteiger partial charge < -0.3 is 11.5 Å². The molecule has 106 valence electrons. The van der Waals surface area contributed by atoms with Crippen molar-refractivity contribution in [3.8, 4) is 0 Å². The van der Waals surface area contributed by atoms with Crippen LogP contribution in [-0.2, 0) is 0 Å². The van der Waals surface area contributed by atoms with Crippen LogP contribution in [0.3, 0.4) is 0 Å². The first-order chi connectivity index (χ1) is 8.33. The third-order valence-electron chi connectivity index (χ3n) is 2.68. The summed E-state index contributed by atoms with van der Waals surface area (Å²) in [5.41, 5.74) is 9.81. The van der Waals surface area contributed by atoms with E-state index in [2.05, 4.69) is 19.6 Å². The standard InChI is InChI=1S/C12H26S.C2H8N2/c1-2-3-4-5-6-7-8-9-10-11-12-13;3-1-2-4/h13H,2-12H2,1H3;1-4H2. The van der Waals surface area contributed by atoms with Crippen molar-refractivity contribution in [2.75, 3.05) is 18.8 Å². The number of rotatable bonds is 11. The highest BCUT2D eigenvalue weighted by molar-refractivity contribution is 7.80. The van der Waals surface area contributed by atoms with Gasteiger partial charge >= 0.3 is 0 Å². The fourth-order valence-electron chi connectivity index (χ4n) is 1.60. The van der Waals surface area contributed by atoms with Gasteiger partial charge in [-0.1, -0.05) is 64.7 Å². The van der Waals surface area contributed by atoms with Crippen molar-refractivity contribution in [2.45, 2.75) is 71.1 Å². The van der Waals surface area contributed by atoms with Gasteiger partial charge in [-0.25, -0.2) is 0 Å². The van der Waals surface area contributed by atoms with Crippen LogP contribution in [0.5, 0.6) is 0 Å². The SMILES string of the molecule is CCCCCCCCCCCCS.NCCN. The zero-order chi connectivity index (χ0) is 13.2. The molecule has 0 aromatic carbocycles. The highest BCUT2D eigenvalue weighted by Crippen LogP contribution is 2.10. The van der Waals surface area contributed by atoms with Gasteiger partial charge in [-0.2, -0.15) is 12.6 Å². The normalized spacial score (nSPS) is 9.88. The van der Waals surface area contributed by atoms with E-state index in [4.69, 9.17) is 11.5 Å². The molecule has 0 unspecified atom stereocenters. The van der Waals surface area contributed by atoms with Crippen molar-refractivity contribution in [3.05, 3.63) is 0 Å². The van der Waals surface area contributed by atoms with E-state index in [0.29, 0.717) is 13.1 Å². The van der Waals surface area contributed by atoms with Crippen LogP contribution in [0.15, 0.2) is 0 Å². The third-order valence-corrected chi connectivity index (χ3v) is 2.99. The summed E-state index contributed by atoms with van der Waals surface area (Å²) < 4.78 is 0. The molecule has 0 aromatic heterocycles. The summed E-state index contributed by atoms with van der Waals surface area (Å²) in [5.74, 6) is 1.07. The summed E-state index contributed by atoms with van der Waals surface area (Å²) >= 11 is 4.20. The summed E-state index contributed by atoms with van der Waals surface area (Å²) in [6, 6.07) is 0. The van der Waals surface area contributed by atoms with E-state index in [1.165, 1.54) is 64.2 Å².